The molecule has 3 aromatic rings. The minimum Gasteiger partial charge on any atom is -0.497 e. The first kappa shape index (κ1) is 11.7. The zero-order chi connectivity index (χ0) is 13.2. The van der Waals surface area contributed by atoms with Crippen molar-refractivity contribution in [1.82, 2.24) is 4.98 Å². The van der Waals surface area contributed by atoms with Crippen molar-refractivity contribution in [2.75, 3.05) is 14.2 Å². The van der Waals surface area contributed by atoms with Gasteiger partial charge in [-0.2, -0.15) is 0 Å². The lowest BCUT2D eigenvalue weighted by atomic mass is 10.0. The number of benzene rings is 2. The molecule has 3 nitrogen and oxygen atoms in total. The number of hydrogen-bond acceptors (Lipinski definition) is 2. The maximum atomic E-state index is 5.45. The summed E-state index contributed by atoms with van der Waals surface area (Å²) >= 11 is 0. The van der Waals surface area contributed by atoms with E-state index in [0.717, 1.165) is 28.1 Å². The Morgan fingerprint density at radius 1 is 0.895 bits per heavy atom. The number of methoxy groups -OCH3 is 2. The van der Waals surface area contributed by atoms with Crippen LogP contribution in [0.3, 0.4) is 0 Å². The Balaban J connectivity index is 2.14. The van der Waals surface area contributed by atoms with Crippen LogP contribution in [-0.2, 0) is 0 Å². The molecular formula is C16H15NO2. The highest BCUT2D eigenvalue weighted by Gasteiger charge is 2.08. The molecule has 0 fully saturated rings. The van der Waals surface area contributed by atoms with Gasteiger partial charge in [-0.05, 0) is 41.3 Å². The van der Waals surface area contributed by atoms with Gasteiger partial charge in [0.05, 0.1) is 14.2 Å². The second-order valence-electron chi connectivity index (χ2n) is 4.35. The van der Waals surface area contributed by atoms with E-state index in [1.54, 1.807) is 14.2 Å². The normalized spacial score (nSPS) is 10.6. The number of nitrogens with one attached hydrogen (secondary N) is 1. The van der Waals surface area contributed by atoms with E-state index < -0.39 is 0 Å². The van der Waals surface area contributed by atoms with Crippen molar-refractivity contribution in [3.63, 3.8) is 0 Å². The number of fused-ring (bicyclic) bond motifs is 1. The highest BCUT2D eigenvalue weighted by molar-refractivity contribution is 5.86. The number of hydrogen-bond donors (Lipinski definition) is 1. The van der Waals surface area contributed by atoms with Crippen LogP contribution in [0, 0.1) is 0 Å². The second-order valence-corrected chi connectivity index (χ2v) is 4.35. The van der Waals surface area contributed by atoms with Crippen molar-refractivity contribution in [2.24, 2.45) is 0 Å². The van der Waals surface area contributed by atoms with Crippen molar-refractivity contribution >= 4 is 10.9 Å². The van der Waals surface area contributed by atoms with Crippen LogP contribution in [0.25, 0.3) is 22.0 Å². The molecule has 1 N–H and O–H groups in total. The molecule has 1 aromatic heterocycles. The molecule has 0 aliphatic rings. The van der Waals surface area contributed by atoms with Crippen LogP contribution in [0.5, 0.6) is 11.5 Å². The zero-order valence-electron chi connectivity index (χ0n) is 10.9. The second kappa shape index (κ2) is 4.69. The molecule has 2 aromatic carbocycles. The summed E-state index contributed by atoms with van der Waals surface area (Å²) in [6.07, 6.45) is 1.94. The molecule has 0 saturated carbocycles. The van der Waals surface area contributed by atoms with Gasteiger partial charge in [0.2, 0.25) is 0 Å². The minimum atomic E-state index is 0.795. The van der Waals surface area contributed by atoms with Crippen molar-refractivity contribution in [1.29, 1.82) is 0 Å². The number of H-pyrrole nitrogens is 1. The summed E-state index contributed by atoms with van der Waals surface area (Å²) in [7, 11) is 3.33. The van der Waals surface area contributed by atoms with Crippen LogP contribution in [0.4, 0.5) is 0 Å². The fourth-order valence-electron chi connectivity index (χ4n) is 2.26. The van der Waals surface area contributed by atoms with Gasteiger partial charge in [0, 0.05) is 23.3 Å². The molecule has 3 heteroatoms. The largest absolute Gasteiger partial charge is 0.497 e. The Kier molecular flexibility index (Phi) is 2.88. The number of ether oxygens (including phenoxy) is 2. The molecule has 96 valence electrons. The fourth-order valence-corrected chi connectivity index (χ4v) is 2.26. The van der Waals surface area contributed by atoms with E-state index in [9.17, 15) is 0 Å². The minimum absolute atomic E-state index is 0.795. The van der Waals surface area contributed by atoms with Gasteiger partial charge in [-0.15, -0.1) is 0 Å². The molecule has 0 bridgehead atoms. The lowest BCUT2D eigenvalue weighted by molar-refractivity contribution is 0.395. The topological polar surface area (TPSA) is 34.2 Å². The Bertz CT molecular complexity index is 716. The Morgan fingerprint density at radius 3 is 2.58 bits per heavy atom. The Morgan fingerprint density at radius 2 is 1.79 bits per heavy atom. The molecule has 0 radical (unpaired) electrons. The summed E-state index contributed by atoms with van der Waals surface area (Å²) in [5.74, 6) is 1.61. The molecule has 0 amide bonds. The van der Waals surface area contributed by atoms with Gasteiger partial charge in [-0.3, -0.25) is 0 Å². The highest BCUT2D eigenvalue weighted by atomic mass is 16.5. The highest BCUT2D eigenvalue weighted by Crippen LogP contribution is 2.34. The average Bonchev–Trinajstić information content (AvgIpc) is 2.93. The quantitative estimate of drug-likeness (QED) is 0.769. The van der Waals surface area contributed by atoms with Gasteiger partial charge in [0.1, 0.15) is 11.5 Å². The first-order valence-electron chi connectivity index (χ1n) is 6.11. The Hall–Kier alpha value is -2.42. The summed E-state index contributed by atoms with van der Waals surface area (Å²) in [6, 6.07) is 14.2. The van der Waals surface area contributed by atoms with E-state index in [0.29, 0.717) is 0 Å². The van der Waals surface area contributed by atoms with Crippen molar-refractivity contribution in [3.05, 3.63) is 48.7 Å². The van der Waals surface area contributed by atoms with E-state index >= 15 is 0 Å². The predicted molar refractivity (Wildman–Crippen MR) is 76.8 cm³/mol. The SMILES string of the molecule is COc1ccc(-c2ccc3[nH]ccc3c2)c(OC)c1. The molecule has 0 spiro atoms. The summed E-state index contributed by atoms with van der Waals surface area (Å²) in [4.78, 5) is 3.19. The third-order valence-corrected chi connectivity index (χ3v) is 3.27. The van der Waals surface area contributed by atoms with Gasteiger partial charge in [-0.25, -0.2) is 0 Å². The van der Waals surface area contributed by atoms with Crippen LogP contribution in [0.2, 0.25) is 0 Å². The van der Waals surface area contributed by atoms with Gasteiger partial charge in [0.25, 0.3) is 0 Å². The van der Waals surface area contributed by atoms with E-state index in [1.165, 1.54) is 5.39 Å². The summed E-state index contributed by atoms with van der Waals surface area (Å²) in [6.45, 7) is 0. The number of rotatable bonds is 3. The van der Waals surface area contributed by atoms with Crippen LogP contribution in [0.15, 0.2) is 48.7 Å². The van der Waals surface area contributed by atoms with E-state index in [1.807, 2.05) is 24.4 Å². The van der Waals surface area contributed by atoms with Gasteiger partial charge < -0.3 is 14.5 Å². The third-order valence-electron chi connectivity index (χ3n) is 3.27. The molecule has 1 heterocycles. The smallest absolute Gasteiger partial charge is 0.130 e. The zero-order valence-corrected chi connectivity index (χ0v) is 10.9. The maximum Gasteiger partial charge on any atom is 0.130 e. The van der Waals surface area contributed by atoms with Gasteiger partial charge >= 0.3 is 0 Å². The molecule has 0 aliphatic carbocycles. The monoisotopic (exact) mass is 253 g/mol. The molecule has 0 unspecified atom stereocenters. The van der Waals surface area contributed by atoms with Gasteiger partial charge in [0.15, 0.2) is 0 Å². The Labute approximate surface area is 111 Å². The first-order chi connectivity index (χ1) is 9.31. The lowest BCUT2D eigenvalue weighted by Crippen LogP contribution is -1.90. The van der Waals surface area contributed by atoms with E-state index in [2.05, 4.69) is 29.2 Å². The summed E-state index contributed by atoms with van der Waals surface area (Å²) in [5.41, 5.74) is 3.33. The van der Waals surface area contributed by atoms with E-state index in [4.69, 9.17) is 9.47 Å². The molecule has 3 rings (SSSR count). The fraction of sp³-hybridized carbons (Fsp3) is 0.125. The molecule has 0 atom stereocenters. The molecule has 19 heavy (non-hydrogen) atoms. The number of aromatic nitrogens is 1. The first-order valence-corrected chi connectivity index (χ1v) is 6.11. The van der Waals surface area contributed by atoms with Crippen molar-refractivity contribution in [3.8, 4) is 22.6 Å². The molecular weight excluding hydrogens is 238 g/mol. The van der Waals surface area contributed by atoms with Crippen LogP contribution < -0.4 is 9.47 Å². The predicted octanol–water partition coefficient (Wildman–Crippen LogP) is 3.85. The summed E-state index contributed by atoms with van der Waals surface area (Å²) < 4.78 is 10.7. The maximum absolute atomic E-state index is 5.45. The van der Waals surface area contributed by atoms with Crippen molar-refractivity contribution in [2.45, 2.75) is 0 Å². The van der Waals surface area contributed by atoms with E-state index in [-0.39, 0.29) is 0 Å². The van der Waals surface area contributed by atoms with Crippen LogP contribution in [-0.4, -0.2) is 19.2 Å². The number of aromatic amines is 1. The standard InChI is InChI=1S/C16H15NO2/c1-18-13-4-5-14(16(10-13)19-2)11-3-6-15-12(9-11)7-8-17-15/h3-10,17H,1-2H3. The summed E-state index contributed by atoms with van der Waals surface area (Å²) in [5, 5.41) is 1.19. The average molecular weight is 253 g/mol. The van der Waals surface area contributed by atoms with Crippen molar-refractivity contribution < 1.29 is 9.47 Å². The molecule has 0 aliphatic heterocycles. The van der Waals surface area contributed by atoms with Crippen LogP contribution >= 0.6 is 0 Å². The van der Waals surface area contributed by atoms with Gasteiger partial charge in [-0.1, -0.05) is 6.07 Å². The lowest BCUT2D eigenvalue weighted by Gasteiger charge is -2.10. The van der Waals surface area contributed by atoms with Crippen LogP contribution in [0.1, 0.15) is 0 Å². The third kappa shape index (κ3) is 2.03. The molecule has 0 saturated heterocycles.